The summed E-state index contributed by atoms with van der Waals surface area (Å²) in [6.45, 7) is 1.31. The highest BCUT2D eigenvalue weighted by atomic mass is 16.5. The largest absolute Gasteiger partial charge is 0.484 e. The summed E-state index contributed by atoms with van der Waals surface area (Å²) in [7, 11) is 0. The second-order valence-corrected chi connectivity index (χ2v) is 6.21. The number of anilines is 1. The van der Waals surface area contributed by atoms with E-state index in [0.29, 0.717) is 28.3 Å². The Labute approximate surface area is 167 Å². The highest BCUT2D eigenvalue weighted by Gasteiger charge is 2.07. The van der Waals surface area contributed by atoms with Crippen LogP contribution in [0.2, 0.25) is 0 Å². The lowest BCUT2D eigenvalue weighted by Gasteiger charge is -2.08. The molecule has 3 aromatic rings. The van der Waals surface area contributed by atoms with Crippen LogP contribution in [-0.4, -0.2) is 24.1 Å². The van der Waals surface area contributed by atoms with Crippen molar-refractivity contribution in [3.05, 3.63) is 89.9 Å². The van der Waals surface area contributed by atoms with Gasteiger partial charge >= 0.3 is 0 Å². The van der Waals surface area contributed by atoms with Crippen molar-refractivity contribution in [3.8, 4) is 5.75 Å². The zero-order chi connectivity index (χ0) is 20.6. The molecular formula is C23H19NO5. The van der Waals surface area contributed by atoms with Gasteiger partial charge in [-0.3, -0.25) is 14.4 Å². The summed E-state index contributed by atoms with van der Waals surface area (Å²) in [5, 5.41) is 2.70. The lowest BCUT2D eigenvalue weighted by Crippen LogP contribution is -2.20. The van der Waals surface area contributed by atoms with E-state index in [4.69, 9.17) is 9.15 Å². The van der Waals surface area contributed by atoms with Gasteiger partial charge in [-0.1, -0.05) is 0 Å². The van der Waals surface area contributed by atoms with Gasteiger partial charge in [0.05, 0.1) is 6.26 Å². The average molecular weight is 389 g/mol. The fraction of sp³-hybridized carbons (Fsp3) is 0.0870. The smallest absolute Gasteiger partial charge is 0.262 e. The summed E-state index contributed by atoms with van der Waals surface area (Å²) in [6, 6.07) is 16.6. The molecule has 0 saturated heterocycles. The molecule has 6 heteroatoms. The predicted molar refractivity (Wildman–Crippen MR) is 109 cm³/mol. The summed E-state index contributed by atoms with van der Waals surface area (Å²) in [4.78, 5) is 35.4. The Morgan fingerprint density at radius 2 is 1.66 bits per heavy atom. The molecule has 0 fully saturated rings. The number of rotatable bonds is 8. The van der Waals surface area contributed by atoms with Crippen LogP contribution in [0.15, 0.2) is 77.4 Å². The molecule has 0 bridgehead atoms. The molecule has 0 saturated carbocycles. The summed E-state index contributed by atoms with van der Waals surface area (Å²) in [6.07, 6.45) is 4.56. The Hall–Kier alpha value is -3.93. The van der Waals surface area contributed by atoms with Gasteiger partial charge in [-0.25, -0.2) is 0 Å². The van der Waals surface area contributed by atoms with Crippen LogP contribution in [0.4, 0.5) is 5.69 Å². The van der Waals surface area contributed by atoms with Gasteiger partial charge in [0.1, 0.15) is 11.5 Å². The maximum absolute atomic E-state index is 12.1. The molecule has 0 unspecified atom stereocenters. The standard InChI is InChI=1S/C23H19NO5/c1-16(25)17-6-10-21(11-7-17)29-15-23(27)24-19-8-4-18(5-9-19)22(26)13-12-20-3-2-14-28-20/h2-14H,15H2,1H3,(H,24,27)/b13-12+. The van der Waals surface area contributed by atoms with E-state index >= 15 is 0 Å². The number of benzene rings is 2. The van der Waals surface area contributed by atoms with Crippen LogP contribution >= 0.6 is 0 Å². The lowest BCUT2D eigenvalue weighted by molar-refractivity contribution is -0.118. The number of carbonyl (C=O) groups is 3. The molecule has 0 aliphatic heterocycles. The second-order valence-electron chi connectivity index (χ2n) is 6.21. The van der Waals surface area contributed by atoms with Crippen molar-refractivity contribution in [2.75, 3.05) is 11.9 Å². The first-order chi connectivity index (χ1) is 14.0. The van der Waals surface area contributed by atoms with Crippen LogP contribution in [0.3, 0.4) is 0 Å². The van der Waals surface area contributed by atoms with Crippen LogP contribution in [0, 0.1) is 0 Å². The van der Waals surface area contributed by atoms with Crippen molar-refractivity contribution in [1.82, 2.24) is 0 Å². The Bertz CT molecular complexity index is 1020. The molecule has 1 N–H and O–H groups in total. The minimum atomic E-state index is -0.336. The molecule has 29 heavy (non-hydrogen) atoms. The Morgan fingerprint density at radius 3 is 2.28 bits per heavy atom. The van der Waals surface area contributed by atoms with Crippen LogP contribution in [0.5, 0.6) is 5.75 Å². The third-order valence-electron chi connectivity index (χ3n) is 4.03. The fourth-order valence-electron chi connectivity index (χ4n) is 2.49. The molecule has 0 atom stereocenters. The number of ketones is 2. The summed E-state index contributed by atoms with van der Waals surface area (Å²) >= 11 is 0. The molecule has 0 aliphatic rings. The van der Waals surface area contributed by atoms with Crippen molar-refractivity contribution in [2.24, 2.45) is 0 Å². The van der Waals surface area contributed by atoms with Gasteiger partial charge in [0, 0.05) is 16.8 Å². The highest BCUT2D eigenvalue weighted by molar-refractivity contribution is 6.07. The van der Waals surface area contributed by atoms with Gasteiger partial charge in [0.25, 0.3) is 5.91 Å². The molecule has 146 valence electrons. The monoisotopic (exact) mass is 389 g/mol. The zero-order valence-electron chi connectivity index (χ0n) is 15.8. The SMILES string of the molecule is CC(=O)c1ccc(OCC(=O)Nc2ccc(C(=O)/C=C/c3ccco3)cc2)cc1. The van der Waals surface area contributed by atoms with E-state index in [9.17, 15) is 14.4 Å². The first-order valence-electron chi connectivity index (χ1n) is 8.91. The predicted octanol–water partition coefficient (Wildman–Crippen LogP) is 4.40. The van der Waals surface area contributed by atoms with Crippen LogP contribution in [0.25, 0.3) is 6.08 Å². The van der Waals surface area contributed by atoms with Gasteiger partial charge in [-0.15, -0.1) is 0 Å². The van der Waals surface area contributed by atoms with Gasteiger partial charge in [0.15, 0.2) is 18.2 Å². The molecule has 0 aliphatic carbocycles. The molecular weight excluding hydrogens is 370 g/mol. The van der Waals surface area contributed by atoms with E-state index in [2.05, 4.69) is 5.32 Å². The number of furan rings is 1. The number of amides is 1. The highest BCUT2D eigenvalue weighted by Crippen LogP contribution is 2.14. The number of ether oxygens (including phenoxy) is 1. The minimum Gasteiger partial charge on any atom is -0.484 e. The third kappa shape index (κ3) is 5.77. The topological polar surface area (TPSA) is 85.6 Å². The normalized spacial score (nSPS) is 10.7. The van der Waals surface area contributed by atoms with E-state index in [-0.39, 0.29) is 24.1 Å². The lowest BCUT2D eigenvalue weighted by atomic mass is 10.1. The number of hydrogen-bond acceptors (Lipinski definition) is 5. The number of hydrogen-bond donors (Lipinski definition) is 1. The Kier molecular flexibility index (Phi) is 6.37. The minimum absolute atomic E-state index is 0.0346. The number of nitrogens with one attached hydrogen (secondary N) is 1. The Morgan fingerprint density at radius 1 is 0.966 bits per heavy atom. The van der Waals surface area contributed by atoms with Gasteiger partial charge in [-0.05, 0) is 79.7 Å². The maximum Gasteiger partial charge on any atom is 0.262 e. The van der Waals surface area contributed by atoms with Gasteiger partial charge in [-0.2, -0.15) is 0 Å². The van der Waals surface area contributed by atoms with E-state index in [0.717, 1.165) is 0 Å². The van der Waals surface area contributed by atoms with Crippen LogP contribution < -0.4 is 10.1 Å². The van der Waals surface area contributed by atoms with Crippen molar-refractivity contribution >= 4 is 29.2 Å². The number of Topliss-reactive ketones (excluding diaryl/α,β-unsaturated/α-hetero) is 1. The molecule has 1 heterocycles. The summed E-state index contributed by atoms with van der Waals surface area (Å²) < 4.78 is 10.5. The van der Waals surface area contributed by atoms with Crippen molar-refractivity contribution in [1.29, 1.82) is 0 Å². The first-order valence-corrected chi connectivity index (χ1v) is 8.91. The van der Waals surface area contributed by atoms with E-state index in [1.54, 1.807) is 66.7 Å². The van der Waals surface area contributed by atoms with Crippen LogP contribution in [0.1, 0.15) is 33.4 Å². The van der Waals surface area contributed by atoms with E-state index in [1.807, 2.05) is 0 Å². The Balaban J connectivity index is 1.50. The van der Waals surface area contributed by atoms with E-state index in [1.165, 1.54) is 19.3 Å². The number of allylic oxidation sites excluding steroid dienone is 1. The van der Waals surface area contributed by atoms with Gasteiger partial charge < -0.3 is 14.5 Å². The van der Waals surface area contributed by atoms with Gasteiger partial charge in [0.2, 0.25) is 0 Å². The summed E-state index contributed by atoms with van der Waals surface area (Å²) in [5.41, 5.74) is 1.63. The molecule has 0 spiro atoms. The van der Waals surface area contributed by atoms with Crippen molar-refractivity contribution in [3.63, 3.8) is 0 Å². The molecule has 6 nitrogen and oxygen atoms in total. The average Bonchev–Trinajstić information content (AvgIpc) is 3.25. The van der Waals surface area contributed by atoms with Crippen molar-refractivity contribution < 1.29 is 23.5 Å². The van der Waals surface area contributed by atoms with Crippen LogP contribution in [-0.2, 0) is 4.79 Å². The maximum atomic E-state index is 12.1. The molecule has 3 rings (SSSR count). The molecule has 0 radical (unpaired) electrons. The molecule has 1 aromatic heterocycles. The summed E-state index contributed by atoms with van der Waals surface area (Å²) in [5.74, 6) is 0.550. The van der Waals surface area contributed by atoms with E-state index < -0.39 is 0 Å². The molecule has 1 amide bonds. The third-order valence-corrected chi connectivity index (χ3v) is 4.03. The molecule has 2 aromatic carbocycles. The zero-order valence-corrected chi connectivity index (χ0v) is 15.8. The fourth-order valence-corrected chi connectivity index (χ4v) is 2.49. The number of carbonyl (C=O) groups excluding carboxylic acids is 3. The van der Waals surface area contributed by atoms with Crippen molar-refractivity contribution in [2.45, 2.75) is 6.92 Å². The first kappa shape index (κ1) is 19.8. The second kappa shape index (κ2) is 9.32. The quantitative estimate of drug-likeness (QED) is 0.456.